The number of nitrogens with one attached hydrogen (secondary N) is 1. The zero-order chi connectivity index (χ0) is 14.1. The molecule has 1 aromatic carbocycles. The van der Waals surface area contributed by atoms with E-state index in [-0.39, 0.29) is 6.04 Å². The highest BCUT2D eigenvalue weighted by Crippen LogP contribution is 2.40. The fourth-order valence-corrected chi connectivity index (χ4v) is 6.25. The molecule has 1 unspecified atom stereocenters. The molecule has 0 amide bonds. The van der Waals surface area contributed by atoms with Gasteiger partial charge in [0, 0.05) is 4.70 Å². The Kier molecular flexibility index (Phi) is 4.62. The van der Waals surface area contributed by atoms with Crippen molar-refractivity contribution in [1.82, 2.24) is 5.32 Å². The molecule has 1 N–H and O–H groups in total. The number of rotatable bonds is 4. The van der Waals surface area contributed by atoms with Crippen molar-refractivity contribution >= 4 is 64.6 Å². The second kappa shape index (κ2) is 6.28. The van der Waals surface area contributed by atoms with Crippen molar-refractivity contribution in [2.24, 2.45) is 0 Å². The highest BCUT2D eigenvalue weighted by molar-refractivity contribution is 9.12. The molecule has 0 aliphatic rings. The predicted molar refractivity (Wildman–Crippen MR) is 97.1 cm³/mol. The molecule has 104 valence electrons. The summed E-state index contributed by atoms with van der Waals surface area (Å²) in [6.07, 6.45) is 0. The van der Waals surface area contributed by atoms with Crippen LogP contribution in [0, 0.1) is 0 Å². The van der Waals surface area contributed by atoms with E-state index in [1.807, 2.05) is 11.3 Å². The van der Waals surface area contributed by atoms with Crippen molar-refractivity contribution in [1.29, 1.82) is 0 Å². The van der Waals surface area contributed by atoms with Gasteiger partial charge in [-0.15, -0.1) is 22.7 Å². The molecular weight excluding hydrogens is 418 g/mol. The van der Waals surface area contributed by atoms with Crippen LogP contribution in [-0.4, -0.2) is 6.54 Å². The molecule has 20 heavy (non-hydrogen) atoms. The summed E-state index contributed by atoms with van der Waals surface area (Å²) in [4.78, 5) is 0. The van der Waals surface area contributed by atoms with E-state index in [1.54, 1.807) is 11.3 Å². The van der Waals surface area contributed by atoms with E-state index in [4.69, 9.17) is 0 Å². The molecule has 0 aliphatic heterocycles. The molecule has 5 heteroatoms. The van der Waals surface area contributed by atoms with Gasteiger partial charge < -0.3 is 5.32 Å². The van der Waals surface area contributed by atoms with Crippen molar-refractivity contribution in [2.45, 2.75) is 13.0 Å². The first-order valence-corrected chi connectivity index (χ1v) is 9.63. The Morgan fingerprint density at radius 1 is 1.20 bits per heavy atom. The minimum Gasteiger partial charge on any atom is -0.306 e. The lowest BCUT2D eigenvalue weighted by molar-refractivity contribution is 0.635. The van der Waals surface area contributed by atoms with Gasteiger partial charge in [-0.1, -0.05) is 25.1 Å². The van der Waals surface area contributed by atoms with Crippen LogP contribution in [0.3, 0.4) is 0 Å². The van der Waals surface area contributed by atoms with Crippen molar-refractivity contribution in [3.63, 3.8) is 0 Å². The van der Waals surface area contributed by atoms with Gasteiger partial charge in [0.1, 0.15) is 0 Å². The molecule has 0 fully saturated rings. The number of hydrogen-bond donors (Lipinski definition) is 1. The van der Waals surface area contributed by atoms with Crippen LogP contribution in [0.2, 0.25) is 0 Å². The minimum absolute atomic E-state index is 0.230. The minimum atomic E-state index is 0.230. The molecule has 0 aliphatic carbocycles. The zero-order valence-corrected chi connectivity index (χ0v) is 15.6. The van der Waals surface area contributed by atoms with Gasteiger partial charge in [-0.3, -0.25) is 0 Å². The summed E-state index contributed by atoms with van der Waals surface area (Å²) in [6.45, 7) is 3.09. The summed E-state index contributed by atoms with van der Waals surface area (Å²) in [7, 11) is 0. The Hall–Kier alpha value is -0.200. The molecule has 0 saturated heterocycles. The van der Waals surface area contributed by atoms with Crippen LogP contribution < -0.4 is 5.32 Å². The van der Waals surface area contributed by atoms with Gasteiger partial charge in [-0.25, -0.2) is 0 Å². The largest absolute Gasteiger partial charge is 0.306 e. The van der Waals surface area contributed by atoms with Gasteiger partial charge in [-0.2, -0.15) is 0 Å². The van der Waals surface area contributed by atoms with Gasteiger partial charge in [0.2, 0.25) is 0 Å². The molecule has 1 nitrogen and oxygen atoms in total. The van der Waals surface area contributed by atoms with Crippen LogP contribution in [0.5, 0.6) is 0 Å². The quantitative estimate of drug-likeness (QED) is 0.520. The topological polar surface area (TPSA) is 12.0 Å². The number of fused-ring (bicyclic) bond motifs is 1. The fourth-order valence-electron chi connectivity index (χ4n) is 2.36. The Morgan fingerprint density at radius 2 is 2.00 bits per heavy atom. The van der Waals surface area contributed by atoms with Gasteiger partial charge in [-0.05, 0) is 72.4 Å². The third-order valence-electron chi connectivity index (χ3n) is 3.22. The third kappa shape index (κ3) is 2.74. The molecule has 1 atom stereocenters. The van der Waals surface area contributed by atoms with Crippen molar-refractivity contribution < 1.29 is 0 Å². The summed E-state index contributed by atoms with van der Waals surface area (Å²) in [5.74, 6) is 0. The lowest BCUT2D eigenvalue weighted by Gasteiger charge is -2.17. The molecule has 3 rings (SSSR count). The molecule has 2 aromatic heterocycles. The van der Waals surface area contributed by atoms with E-state index in [1.165, 1.54) is 25.0 Å². The van der Waals surface area contributed by atoms with Crippen molar-refractivity contribution in [3.8, 4) is 0 Å². The summed E-state index contributed by atoms with van der Waals surface area (Å²) < 4.78 is 3.68. The van der Waals surface area contributed by atoms with Crippen LogP contribution in [0.25, 0.3) is 10.1 Å². The first-order valence-electron chi connectivity index (χ1n) is 6.35. The van der Waals surface area contributed by atoms with E-state index in [0.717, 1.165) is 10.3 Å². The molecule has 0 radical (unpaired) electrons. The van der Waals surface area contributed by atoms with Crippen LogP contribution in [0.4, 0.5) is 0 Å². The van der Waals surface area contributed by atoms with E-state index >= 15 is 0 Å². The van der Waals surface area contributed by atoms with Crippen LogP contribution in [0.15, 0.2) is 43.3 Å². The average Bonchev–Trinajstić information content (AvgIpc) is 3.00. The van der Waals surface area contributed by atoms with Gasteiger partial charge in [0.15, 0.2) is 0 Å². The van der Waals surface area contributed by atoms with Gasteiger partial charge in [0.25, 0.3) is 0 Å². The maximum Gasteiger partial charge on any atom is 0.0761 e. The molecular formula is C15H13Br2NS2. The average molecular weight is 431 g/mol. The second-order valence-corrected chi connectivity index (χ2v) is 9.12. The summed E-state index contributed by atoms with van der Waals surface area (Å²) >= 11 is 10.8. The second-order valence-electron chi connectivity index (χ2n) is 4.46. The molecule has 3 aromatic rings. The summed E-state index contributed by atoms with van der Waals surface area (Å²) in [6, 6.07) is 11.0. The number of halogens is 2. The summed E-state index contributed by atoms with van der Waals surface area (Å²) in [5, 5.41) is 7.23. The standard InChI is InChI=1S/C15H13Br2NS2/c1-2-18-14(10-7-13(16)20-15(10)17)11-8-19-12-6-4-3-5-9(11)12/h3-8,14,18H,2H2,1H3. The molecule has 2 heterocycles. The lowest BCUT2D eigenvalue weighted by atomic mass is 10.0. The highest BCUT2D eigenvalue weighted by Gasteiger charge is 2.21. The number of thiophene rings is 2. The Balaban J connectivity index is 2.13. The van der Waals surface area contributed by atoms with Crippen LogP contribution in [-0.2, 0) is 0 Å². The molecule has 0 saturated carbocycles. The molecule has 0 bridgehead atoms. The van der Waals surface area contributed by atoms with E-state index in [9.17, 15) is 0 Å². The maximum atomic E-state index is 3.69. The van der Waals surface area contributed by atoms with E-state index < -0.39 is 0 Å². The predicted octanol–water partition coefficient (Wildman–Crippen LogP) is 6.19. The van der Waals surface area contributed by atoms with Crippen molar-refractivity contribution in [2.75, 3.05) is 6.54 Å². The normalized spacial score (nSPS) is 12.9. The van der Waals surface area contributed by atoms with Gasteiger partial charge in [0.05, 0.1) is 13.6 Å². The van der Waals surface area contributed by atoms with E-state index in [2.05, 4.69) is 79.8 Å². The fraction of sp³-hybridized carbons (Fsp3) is 0.200. The maximum absolute atomic E-state index is 3.69. The zero-order valence-electron chi connectivity index (χ0n) is 10.8. The Bertz CT molecular complexity index is 732. The Labute approximate surface area is 143 Å². The SMILES string of the molecule is CCNC(c1cc(Br)sc1Br)c1csc2ccccc12. The summed E-state index contributed by atoms with van der Waals surface area (Å²) in [5.41, 5.74) is 2.66. The third-order valence-corrected chi connectivity index (χ3v) is 6.59. The lowest BCUT2D eigenvalue weighted by Crippen LogP contribution is -2.21. The number of hydrogen-bond acceptors (Lipinski definition) is 3. The van der Waals surface area contributed by atoms with Crippen LogP contribution >= 0.6 is 54.5 Å². The van der Waals surface area contributed by atoms with Crippen molar-refractivity contribution in [3.05, 3.63) is 54.4 Å². The first kappa shape index (κ1) is 14.7. The highest BCUT2D eigenvalue weighted by atomic mass is 79.9. The first-order chi connectivity index (χ1) is 9.70. The smallest absolute Gasteiger partial charge is 0.0761 e. The Morgan fingerprint density at radius 3 is 2.70 bits per heavy atom. The number of benzene rings is 1. The van der Waals surface area contributed by atoms with E-state index in [0.29, 0.717) is 0 Å². The molecule has 0 spiro atoms. The van der Waals surface area contributed by atoms with Crippen LogP contribution in [0.1, 0.15) is 24.1 Å². The van der Waals surface area contributed by atoms with Gasteiger partial charge >= 0.3 is 0 Å². The monoisotopic (exact) mass is 429 g/mol.